The van der Waals surface area contributed by atoms with Crippen LogP contribution in [0.3, 0.4) is 0 Å². The summed E-state index contributed by atoms with van der Waals surface area (Å²) < 4.78 is 0. The molecule has 2 amide bonds. The summed E-state index contributed by atoms with van der Waals surface area (Å²) in [6.45, 7) is 7.87. The van der Waals surface area contributed by atoms with Crippen LogP contribution in [0.25, 0.3) is 0 Å². The third kappa shape index (κ3) is 5.55. The Kier molecular flexibility index (Phi) is 6.53. The number of thiazole rings is 2. The fourth-order valence-electron chi connectivity index (χ4n) is 2.84. The molecule has 27 heavy (non-hydrogen) atoms. The first kappa shape index (κ1) is 19.9. The number of nitrogens with one attached hydrogen (secondary N) is 4. The summed E-state index contributed by atoms with van der Waals surface area (Å²) in [5.74, 6) is -0.115. The summed E-state index contributed by atoms with van der Waals surface area (Å²) in [6, 6.07) is 0.481. The lowest BCUT2D eigenvalue weighted by molar-refractivity contribution is -0.115. The Morgan fingerprint density at radius 1 is 1.00 bits per heavy atom. The predicted octanol–water partition coefficient (Wildman–Crippen LogP) is 1.88. The largest absolute Gasteiger partial charge is 0.311 e. The van der Waals surface area contributed by atoms with Gasteiger partial charge in [0.05, 0.1) is 11.4 Å². The molecule has 0 aliphatic carbocycles. The SMILES string of the molecule is CC(=O)Nc1nc2c(s1)CNC(C)C2.CC(=O)Nc1nc2c(s1)CNCC2. The maximum absolute atomic E-state index is 10.8. The number of hydrogen-bond donors (Lipinski definition) is 4. The van der Waals surface area contributed by atoms with E-state index in [2.05, 4.69) is 38.2 Å². The molecule has 0 saturated carbocycles. The van der Waals surface area contributed by atoms with E-state index in [4.69, 9.17) is 0 Å². The third-order valence-electron chi connectivity index (χ3n) is 4.06. The molecule has 2 aromatic heterocycles. The maximum atomic E-state index is 10.8. The molecule has 2 aliphatic rings. The van der Waals surface area contributed by atoms with Gasteiger partial charge in [0.15, 0.2) is 10.3 Å². The van der Waals surface area contributed by atoms with Crippen molar-refractivity contribution in [1.29, 1.82) is 0 Å². The first-order valence-electron chi connectivity index (χ1n) is 8.87. The normalized spacial score (nSPS) is 17.8. The molecule has 0 bridgehead atoms. The summed E-state index contributed by atoms with van der Waals surface area (Å²) in [7, 11) is 0. The van der Waals surface area contributed by atoms with Crippen LogP contribution in [0.15, 0.2) is 0 Å². The van der Waals surface area contributed by atoms with Crippen molar-refractivity contribution in [3.05, 3.63) is 21.1 Å². The Bertz CT molecular complexity index is 808. The van der Waals surface area contributed by atoms with Crippen LogP contribution in [-0.2, 0) is 35.5 Å². The molecular formula is C17H24N6O2S2. The lowest BCUT2D eigenvalue weighted by Gasteiger charge is -2.17. The molecule has 0 fully saturated rings. The van der Waals surface area contributed by atoms with Crippen LogP contribution in [-0.4, -0.2) is 34.4 Å². The lowest BCUT2D eigenvalue weighted by atomic mass is 10.1. The fraction of sp³-hybridized carbons (Fsp3) is 0.529. The second-order valence-corrected chi connectivity index (χ2v) is 8.72. The van der Waals surface area contributed by atoms with Crippen molar-refractivity contribution in [2.45, 2.75) is 52.7 Å². The molecule has 4 N–H and O–H groups in total. The number of rotatable bonds is 2. The van der Waals surface area contributed by atoms with E-state index >= 15 is 0 Å². The summed E-state index contributed by atoms with van der Waals surface area (Å²) in [5.41, 5.74) is 2.26. The molecule has 0 aromatic carbocycles. The molecule has 10 heteroatoms. The van der Waals surface area contributed by atoms with Crippen LogP contribution < -0.4 is 21.3 Å². The minimum Gasteiger partial charge on any atom is -0.311 e. The van der Waals surface area contributed by atoms with Crippen molar-refractivity contribution in [2.24, 2.45) is 0 Å². The van der Waals surface area contributed by atoms with Gasteiger partial charge in [0.1, 0.15) is 0 Å². The Hall–Kier alpha value is -1.88. The van der Waals surface area contributed by atoms with Crippen LogP contribution in [0.1, 0.15) is 41.9 Å². The van der Waals surface area contributed by atoms with Gasteiger partial charge in [0, 0.05) is 62.1 Å². The van der Waals surface area contributed by atoms with Gasteiger partial charge >= 0.3 is 0 Å². The second kappa shape index (κ2) is 8.87. The summed E-state index contributed by atoms with van der Waals surface area (Å²) in [4.78, 5) is 32.8. The van der Waals surface area contributed by atoms with Gasteiger partial charge < -0.3 is 21.3 Å². The second-order valence-electron chi connectivity index (χ2n) is 6.55. The number of hydrogen-bond acceptors (Lipinski definition) is 8. The Morgan fingerprint density at radius 3 is 2.19 bits per heavy atom. The Labute approximate surface area is 166 Å². The highest BCUT2D eigenvalue weighted by molar-refractivity contribution is 7.16. The highest BCUT2D eigenvalue weighted by atomic mass is 32.1. The highest BCUT2D eigenvalue weighted by Crippen LogP contribution is 2.27. The van der Waals surface area contributed by atoms with Gasteiger partial charge in [-0.2, -0.15) is 0 Å². The van der Waals surface area contributed by atoms with Crippen LogP contribution >= 0.6 is 22.7 Å². The molecule has 1 unspecified atom stereocenters. The minimum absolute atomic E-state index is 0.0564. The van der Waals surface area contributed by atoms with Gasteiger partial charge in [-0.15, -0.1) is 22.7 Å². The first-order chi connectivity index (χ1) is 12.9. The molecule has 4 heterocycles. The zero-order valence-electron chi connectivity index (χ0n) is 15.6. The molecule has 0 saturated heterocycles. The monoisotopic (exact) mass is 408 g/mol. The molecule has 146 valence electrons. The van der Waals surface area contributed by atoms with Gasteiger partial charge in [-0.1, -0.05) is 0 Å². The number of amides is 2. The van der Waals surface area contributed by atoms with E-state index in [-0.39, 0.29) is 11.8 Å². The minimum atomic E-state index is -0.0582. The molecule has 0 spiro atoms. The average molecular weight is 409 g/mol. The lowest BCUT2D eigenvalue weighted by Crippen LogP contribution is -2.32. The number of fused-ring (bicyclic) bond motifs is 2. The fourth-order valence-corrected chi connectivity index (χ4v) is 4.85. The van der Waals surface area contributed by atoms with E-state index in [1.54, 1.807) is 22.7 Å². The highest BCUT2D eigenvalue weighted by Gasteiger charge is 2.19. The van der Waals surface area contributed by atoms with E-state index in [0.29, 0.717) is 6.04 Å². The average Bonchev–Trinajstić information content (AvgIpc) is 3.16. The van der Waals surface area contributed by atoms with Gasteiger partial charge in [-0.25, -0.2) is 9.97 Å². The summed E-state index contributed by atoms with van der Waals surface area (Å²) in [6.07, 6.45) is 1.91. The summed E-state index contributed by atoms with van der Waals surface area (Å²) in [5, 5.41) is 13.5. The van der Waals surface area contributed by atoms with Crippen LogP contribution in [0.4, 0.5) is 10.3 Å². The number of nitrogens with zero attached hydrogens (tertiary/aromatic N) is 2. The number of anilines is 2. The van der Waals surface area contributed by atoms with Crippen molar-refractivity contribution in [1.82, 2.24) is 20.6 Å². The topological polar surface area (TPSA) is 108 Å². The van der Waals surface area contributed by atoms with Crippen LogP contribution in [0.2, 0.25) is 0 Å². The van der Waals surface area contributed by atoms with Crippen molar-refractivity contribution >= 4 is 44.8 Å². The van der Waals surface area contributed by atoms with Crippen LogP contribution in [0.5, 0.6) is 0 Å². The molecular weight excluding hydrogens is 384 g/mol. The molecule has 2 aromatic rings. The first-order valence-corrected chi connectivity index (χ1v) is 10.5. The predicted molar refractivity (Wildman–Crippen MR) is 108 cm³/mol. The van der Waals surface area contributed by atoms with Crippen molar-refractivity contribution in [3.8, 4) is 0 Å². The smallest absolute Gasteiger partial charge is 0.223 e. The zero-order chi connectivity index (χ0) is 19.4. The molecule has 1 atom stereocenters. The molecule has 2 aliphatic heterocycles. The third-order valence-corrected chi connectivity index (χ3v) is 6.08. The molecule has 8 nitrogen and oxygen atoms in total. The van der Waals surface area contributed by atoms with E-state index < -0.39 is 0 Å². The number of aromatic nitrogens is 2. The number of carbonyl (C=O) groups is 2. The standard InChI is InChI=1S/C9H13N3OS.C8H11N3OS/c1-5-3-7-8(4-10-5)14-9(12-7)11-6(2)13;1-5(12)10-8-11-6-2-3-9-4-7(6)13-8/h5,10H,3-4H2,1-2H3,(H,11,12,13);9H,2-4H2,1H3,(H,10,11,12). The van der Waals surface area contributed by atoms with Gasteiger partial charge in [-0.05, 0) is 6.92 Å². The number of carbonyl (C=O) groups excluding carboxylic acids is 2. The van der Waals surface area contributed by atoms with E-state index in [1.807, 2.05) is 0 Å². The van der Waals surface area contributed by atoms with E-state index in [0.717, 1.165) is 54.1 Å². The van der Waals surface area contributed by atoms with Crippen molar-refractivity contribution < 1.29 is 9.59 Å². The van der Waals surface area contributed by atoms with E-state index in [1.165, 1.54) is 23.6 Å². The summed E-state index contributed by atoms with van der Waals surface area (Å²) >= 11 is 3.12. The van der Waals surface area contributed by atoms with Crippen molar-refractivity contribution in [2.75, 3.05) is 17.2 Å². The molecule has 0 radical (unpaired) electrons. The van der Waals surface area contributed by atoms with Gasteiger partial charge in [0.2, 0.25) is 11.8 Å². The zero-order valence-corrected chi connectivity index (χ0v) is 17.3. The Balaban J connectivity index is 0.000000156. The molecule has 4 rings (SSSR count). The Morgan fingerprint density at radius 2 is 1.59 bits per heavy atom. The quantitative estimate of drug-likeness (QED) is 0.604. The van der Waals surface area contributed by atoms with Crippen molar-refractivity contribution in [3.63, 3.8) is 0 Å². The van der Waals surface area contributed by atoms with Gasteiger partial charge in [0.25, 0.3) is 0 Å². The van der Waals surface area contributed by atoms with Crippen LogP contribution in [0, 0.1) is 0 Å². The van der Waals surface area contributed by atoms with Gasteiger partial charge in [-0.3, -0.25) is 9.59 Å². The van der Waals surface area contributed by atoms with E-state index in [9.17, 15) is 9.59 Å². The maximum Gasteiger partial charge on any atom is 0.223 e.